The number of likely N-dealkylation sites (N-methyl/N-ethyl adjacent to an activating group) is 1. The first kappa shape index (κ1) is 15.6. The number of benzene rings is 2. The first-order chi connectivity index (χ1) is 10.2. The number of anilines is 1. The molecule has 0 aliphatic heterocycles. The molecular weight excluding hydrogens is 256 g/mol. The summed E-state index contributed by atoms with van der Waals surface area (Å²) in [4.78, 5) is 2.29. The predicted octanol–water partition coefficient (Wildman–Crippen LogP) is 3.65. The van der Waals surface area contributed by atoms with Crippen molar-refractivity contribution < 1.29 is 0 Å². The number of nitrogens with zero attached hydrogens (tertiary/aromatic N) is 1. The molecule has 0 heterocycles. The second-order valence-corrected chi connectivity index (χ2v) is 5.55. The number of rotatable bonds is 7. The van der Waals surface area contributed by atoms with E-state index in [0.29, 0.717) is 0 Å². The van der Waals surface area contributed by atoms with Gasteiger partial charge in [-0.05, 0) is 55.3 Å². The summed E-state index contributed by atoms with van der Waals surface area (Å²) in [5.74, 6) is 0. The normalized spacial score (nSPS) is 10.6. The van der Waals surface area contributed by atoms with Crippen molar-refractivity contribution in [3.8, 4) is 0 Å². The maximum Gasteiger partial charge on any atom is 0.0426 e. The van der Waals surface area contributed by atoms with Gasteiger partial charge in [-0.1, -0.05) is 43.3 Å². The summed E-state index contributed by atoms with van der Waals surface area (Å²) in [5.41, 5.74) is 5.40. The van der Waals surface area contributed by atoms with Gasteiger partial charge in [-0.2, -0.15) is 0 Å². The standard InChI is InChI=1S/C19H26N2/c1-4-16-9-11-19(12-10-16)21(3)15-18-7-5-17(6-8-18)13-14-20-2/h5-12,20H,4,13-15H2,1-3H3. The molecule has 21 heavy (non-hydrogen) atoms. The fourth-order valence-corrected chi connectivity index (χ4v) is 2.43. The molecule has 0 aliphatic rings. The molecule has 0 fully saturated rings. The van der Waals surface area contributed by atoms with Gasteiger partial charge in [0.2, 0.25) is 0 Å². The smallest absolute Gasteiger partial charge is 0.0426 e. The molecule has 0 bridgehead atoms. The third-order valence-corrected chi connectivity index (χ3v) is 3.89. The van der Waals surface area contributed by atoms with Crippen LogP contribution < -0.4 is 10.2 Å². The third kappa shape index (κ3) is 4.61. The zero-order valence-electron chi connectivity index (χ0n) is 13.4. The van der Waals surface area contributed by atoms with Crippen molar-refractivity contribution >= 4 is 5.69 Å². The Kier molecular flexibility index (Phi) is 5.82. The topological polar surface area (TPSA) is 15.3 Å². The van der Waals surface area contributed by atoms with Gasteiger partial charge >= 0.3 is 0 Å². The molecule has 2 aromatic carbocycles. The lowest BCUT2D eigenvalue weighted by Gasteiger charge is -2.20. The van der Waals surface area contributed by atoms with Crippen LogP contribution in [0.5, 0.6) is 0 Å². The fourth-order valence-electron chi connectivity index (χ4n) is 2.43. The van der Waals surface area contributed by atoms with Crippen LogP contribution in [0.2, 0.25) is 0 Å². The minimum atomic E-state index is 0.942. The predicted molar refractivity (Wildman–Crippen MR) is 92.0 cm³/mol. The molecule has 1 N–H and O–H groups in total. The first-order valence-electron chi connectivity index (χ1n) is 7.75. The summed E-state index contributed by atoms with van der Waals surface area (Å²) < 4.78 is 0. The second-order valence-electron chi connectivity index (χ2n) is 5.55. The lowest BCUT2D eigenvalue weighted by atomic mass is 10.1. The van der Waals surface area contributed by atoms with Crippen molar-refractivity contribution in [2.45, 2.75) is 26.3 Å². The lowest BCUT2D eigenvalue weighted by Crippen LogP contribution is -2.16. The van der Waals surface area contributed by atoms with Crippen LogP contribution in [0.15, 0.2) is 48.5 Å². The Labute approximate surface area is 128 Å². The van der Waals surface area contributed by atoms with Gasteiger partial charge in [0.1, 0.15) is 0 Å². The van der Waals surface area contributed by atoms with Crippen molar-refractivity contribution in [2.75, 3.05) is 25.5 Å². The van der Waals surface area contributed by atoms with Crippen LogP contribution in [0, 0.1) is 0 Å². The largest absolute Gasteiger partial charge is 0.370 e. The van der Waals surface area contributed by atoms with Crippen LogP contribution in [0.1, 0.15) is 23.6 Å². The van der Waals surface area contributed by atoms with E-state index in [0.717, 1.165) is 25.9 Å². The first-order valence-corrected chi connectivity index (χ1v) is 7.75. The molecule has 0 atom stereocenters. The SMILES string of the molecule is CCc1ccc(N(C)Cc2ccc(CCNC)cc2)cc1. The van der Waals surface area contributed by atoms with Crippen LogP contribution in [-0.2, 0) is 19.4 Å². The number of nitrogens with one attached hydrogen (secondary N) is 1. The van der Waals surface area contributed by atoms with Crippen molar-refractivity contribution in [3.63, 3.8) is 0 Å². The highest BCUT2D eigenvalue weighted by Crippen LogP contribution is 2.17. The summed E-state index contributed by atoms with van der Waals surface area (Å²) in [6.45, 7) is 4.16. The molecule has 0 aromatic heterocycles. The van der Waals surface area contributed by atoms with Crippen LogP contribution in [-0.4, -0.2) is 20.6 Å². The summed E-state index contributed by atoms with van der Waals surface area (Å²) in [7, 11) is 4.14. The quantitative estimate of drug-likeness (QED) is 0.834. The Morgan fingerprint density at radius 1 is 0.857 bits per heavy atom. The maximum atomic E-state index is 3.19. The summed E-state index contributed by atoms with van der Waals surface area (Å²) >= 11 is 0. The minimum absolute atomic E-state index is 0.942. The average Bonchev–Trinajstić information content (AvgIpc) is 2.54. The van der Waals surface area contributed by atoms with Crippen molar-refractivity contribution in [1.82, 2.24) is 5.32 Å². The second kappa shape index (κ2) is 7.84. The monoisotopic (exact) mass is 282 g/mol. The van der Waals surface area contributed by atoms with E-state index >= 15 is 0 Å². The van der Waals surface area contributed by atoms with Gasteiger partial charge in [0.15, 0.2) is 0 Å². The average molecular weight is 282 g/mol. The molecule has 2 rings (SSSR count). The Bertz CT molecular complexity index is 528. The van der Waals surface area contributed by atoms with Crippen LogP contribution >= 0.6 is 0 Å². The Balaban J connectivity index is 1.96. The zero-order chi connectivity index (χ0) is 15.1. The molecule has 0 saturated carbocycles. The van der Waals surface area contributed by atoms with E-state index in [-0.39, 0.29) is 0 Å². The highest BCUT2D eigenvalue weighted by atomic mass is 15.1. The summed E-state index contributed by atoms with van der Waals surface area (Å²) in [5, 5.41) is 3.19. The summed E-state index contributed by atoms with van der Waals surface area (Å²) in [6, 6.07) is 17.8. The van der Waals surface area contributed by atoms with E-state index in [4.69, 9.17) is 0 Å². The van der Waals surface area contributed by atoms with E-state index in [9.17, 15) is 0 Å². The molecule has 0 unspecified atom stereocenters. The highest BCUT2D eigenvalue weighted by molar-refractivity contribution is 5.47. The zero-order valence-corrected chi connectivity index (χ0v) is 13.4. The Morgan fingerprint density at radius 2 is 1.43 bits per heavy atom. The van der Waals surface area contributed by atoms with Gasteiger partial charge in [-0.25, -0.2) is 0 Å². The molecular formula is C19H26N2. The van der Waals surface area contributed by atoms with Gasteiger partial charge in [0, 0.05) is 19.3 Å². The number of hydrogen-bond acceptors (Lipinski definition) is 2. The minimum Gasteiger partial charge on any atom is -0.370 e. The van der Waals surface area contributed by atoms with E-state index in [1.54, 1.807) is 0 Å². The van der Waals surface area contributed by atoms with Crippen molar-refractivity contribution in [3.05, 3.63) is 65.2 Å². The highest BCUT2D eigenvalue weighted by Gasteiger charge is 2.02. The molecule has 0 spiro atoms. The molecule has 0 aliphatic carbocycles. The molecule has 2 nitrogen and oxygen atoms in total. The van der Waals surface area contributed by atoms with Crippen LogP contribution in [0.4, 0.5) is 5.69 Å². The van der Waals surface area contributed by atoms with Crippen LogP contribution in [0.3, 0.4) is 0 Å². The third-order valence-electron chi connectivity index (χ3n) is 3.89. The van der Waals surface area contributed by atoms with Gasteiger partial charge in [-0.15, -0.1) is 0 Å². The van der Waals surface area contributed by atoms with Crippen molar-refractivity contribution in [2.24, 2.45) is 0 Å². The molecule has 0 radical (unpaired) electrons. The van der Waals surface area contributed by atoms with Gasteiger partial charge in [0.05, 0.1) is 0 Å². The number of aryl methyl sites for hydroxylation is 1. The van der Waals surface area contributed by atoms with Crippen molar-refractivity contribution in [1.29, 1.82) is 0 Å². The van der Waals surface area contributed by atoms with Gasteiger partial charge in [0.25, 0.3) is 0 Å². The number of hydrogen-bond donors (Lipinski definition) is 1. The molecule has 0 saturated heterocycles. The maximum absolute atomic E-state index is 3.19. The fraction of sp³-hybridized carbons (Fsp3) is 0.368. The summed E-state index contributed by atoms with van der Waals surface area (Å²) in [6.07, 6.45) is 2.18. The van der Waals surface area contributed by atoms with Gasteiger partial charge < -0.3 is 10.2 Å². The lowest BCUT2D eigenvalue weighted by molar-refractivity contribution is 0.791. The molecule has 2 aromatic rings. The molecule has 0 amide bonds. The Hall–Kier alpha value is -1.80. The molecule has 112 valence electrons. The van der Waals surface area contributed by atoms with E-state index in [1.165, 1.54) is 22.4 Å². The van der Waals surface area contributed by atoms with Gasteiger partial charge in [-0.3, -0.25) is 0 Å². The Morgan fingerprint density at radius 3 is 2.00 bits per heavy atom. The van der Waals surface area contributed by atoms with E-state index in [2.05, 4.69) is 72.7 Å². The van der Waals surface area contributed by atoms with Crippen LogP contribution in [0.25, 0.3) is 0 Å². The van der Waals surface area contributed by atoms with E-state index in [1.807, 2.05) is 7.05 Å². The molecule has 2 heteroatoms. The van der Waals surface area contributed by atoms with E-state index < -0.39 is 0 Å².